The van der Waals surface area contributed by atoms with Crippen LogP contribution in [0.5, 0.6) is 0 Å². The third-order valence-electron chi connectivity index (χ3n) is 3.73. The molecule has 0 aliphatic heterocycles. The summed E-state index contributed by atoms with van der Waals surface area (Å²) in [4.78, 5) is 14.1. The second-order valence-electron chi connectivity index (χ2n) is 5.48. The molecule has 2 amide bonds. The first-order valence-electron chi connectivity index (χ1n) is 7.70. The summed E-state index contributed by atoms with van der Waals surface area (Å²) in [5.41, 5.74) is 3.57. The Morgan fingerprint density at radius 2 is 2.09 bits per heavy atom. The van der Waals surface area contributed by atoms with Gasteiger partial charge < -0.3 is 14.7 Å². The van der Waals surface area contributed by atoms with Crippen molar-refractivity contribution in [1.29, 1.82) is 0 Å². The molecule has 0 saturated carbocycles. The number of rotatable bonds is 5. The molecule has 0 spiro atoms. The van der Waals surface area contributed by atoms with Gasteiger partial charge in [-0.05, 0) is 37.0 Å². The summed E-state index contributed by atoms with van der Waals surface area (Å²) in [6.45, 7) is 6.29. The Hall–Kier alpha value is -2.01. The normalized spacial score (nSPS) is 10.7. The van der Waals surface area contributed by atoms with Crippen LogP contribution in [0.15, 0.2) is 22.7 Å². The molecule has 0 radical (unpaired) electrons. The second kappa shape index (κ2) is 7.51. The molecule has 2 rings (SSSR count). The van der Waals surface area contributed by atoms with Crippen molar-refractivity contribution in [2.75, 3.05) is 12.4 Å². The number of halogens is 1. The third-order valence-corrected chi connectivity index (χ3v) is 4.09. The molecule has 1 aromatic heterocycles. The molecule has 6 heteroatoms. The lowest BCUT2D eigenvalue weighted by Crippen LogP contribution is -2.31. The Bertz CT molecular complexity index is 697. The fraction of sp³-hybridized carbons (Fsp3) is 0.412. The quantitative estimate of drug-likeness (QED) is 0.879. The van der Waals surface area contributed by atoms with Crippen LogP contribution in [0.4, 0.5) is 10.5 Å². The molecule has 1 N–H and O–H groups in total. The summed E-state index contributed by atoms with van der Waals surface area (Å²) in [5, 5.41) is 7.58. The monoisotopic (exact) mass is 335 g/mol. The van der Waals surface area contributed by atoms with Crippen molar-refractivity contribution in [2.45, 2.75) is 40.2 Å². The first-order chi connectivity index (χ1) is 11.0. The molecule has 2 aromatic rings. The molecule has 5 nitrogen and oxygen atoms in total. The van der Waals surface area contributed by atoms with E-state index in [0.29, 0.717) is 11.6 Å². The molecule has 1 heterocycles. The molecule has 124 valence electrons. The predicted molar refractivity (Wildman–Crippen MR) is 91.9 cm³/mol. The highest BCUT2D eigenvalue weighted by Gasteiger charge is 2.16. The van der Waals surface area contributed by atoms with Gasteiger partial charge >= 0.3 is 6.03 Å². The Kier molecular flexibility index (Phi) is 5.66. The van der Waals surface area contributed by atoms with E-state index in [0.717, 1.165) is 41.1 Å². The van der Waals surface area contributed by atoms with E-state index in [9.17, 15) is 4.79 Å². The van der Waals surface area contributed by atoms with Gasteiger partial charge in [-0.1, -0.05) is 36.7 Å². The van der Waals surface area contributed by atoms with Crippen molar-refractivity contribution in [1.82, 2.24) is 10.1 Å². The molecule has 0 saturated heterocycles. The Morgan fingerprint density at radius 3 is 2.65 bits per heavy atom. The van der Waals surface area contributed by atoms with Crippen molar-refractivity contribution in [3.8, 4) is 0 Å². The van der Waals surface area contributed by atoms with Crippen LogP contribution in [0.2, 0.25) is 5.02 Å². The average molecular weight is 336 g/mol. The smallest absolute Gasteiger partial charge is 0.321 e. The molecule has 0 unspecified atom stereocenters. The molecular formula is C17H22ClN3O2. The second-order valence-corrected chi connectivity index (χ2v) is 5.89. The number of nitrogens with one attached hydrogen (secondary N) is 1. The zero-order chi connectivity index (χ0) is 17.0. The largest absolute Gasteiger partial charge is 0.361 e. The van der Waals surface area contributed by atoms with E-state index in [-0.39, 0.29) is 6.03 Å². The summed E-state index contributed by atoms with van der Waals surface area (Å²) in [6.07, 6.45) is 1.58. The minimum atomic E-state index is -0.197. The molecule has 23 heavy (non-hydrogen) atoms. The highest BCUT2D eigenvalue weighted by molar-refractivity contribution is 6.31. The van der Waals surface area contributed by atoms with Gasteiger partial charge in [-0.15, -0.1) is 0 Å². The standard InChI is InChI=1S/C17H22ClN3O2/c1-5-12-7-8-15(18)14(6-2)16(12)19-17(22)21(4)10-13-9-11(3)23-20-13/h7-9H,5-6,10H2,1-4H3,(H,19,22). The van der Waals surface area contributed by atoms with Gasteiger partial charge in [-0.3, -0.25) is 0 Å². The number of aryl methyl sites for hydroxylation is 2. The van der Waals surface area contributed by atoms with Gasteiger partial charge in [-0.25, -0.2) is 4.79 Å². The van der Waals surface area contributed by atoms with E-state index in [2.05, 4.69) is 17.4 Å². The number of hydrogen-bond donors (Lipinski definition) is 1. The molecule has 0 bridgehead atoms. The summed E-state index contributed by atoms with van der Waals surface area (Å²) < 4.78 is 5.03. The maximum atomic E-state index is 12.5. The van der Waals surface area contributed by atoms with Gasteiger partial charge in [0, 0.05) is 18.1 Å². The van der Waals surface area contributed by atoms with E-state index >= 15 is 0 Å². The number of aromatic nitrogens is 1. The summed E-state index contributed by atoms with van der Waals surface area (Å²) in [5.74, 6) is 0.727. The molecule has 0 atom stereocenters. The van der Waals surface area contributed by atoms with Crippen molar-refractivity contribution < 1.29 is 9.32 Å². The van der Waals surface area contributed by atoms with Crippen LogP contribution in [0.25, 0.3) is 0 Å². The number of urea groups is 1. The van der Waals surface area contributed by atoms with Crippen LogP contribution >= 0.6 is 11.6 Å². The van der Waals surface area contributed by atoms with Gasteiger partial charge in [0.05, 0.1) is 12.2 Å². The topological polar surface area (TPSA) is 58.4 Å². The number of anilines is 1. The van der Waals surface area contributed by atoms with Crippen LogP contribution in [0.3, 0.4) is 0 Å². The van der Waals surface area contributed by atoms with Crippen LogP contribution in [0, 0.1) is 6.92 Å². The van der Waals surface area contributed by atoms with E-state index in [1.165, 1.54) is 0 Å². The Morgan fingerprint density at radius 1 is 1.35 bits per heavy atom. The average Bonchev–Trinajstić information content (AvgIpc) is 2.92. The van der Waals surface area contributed by atoms with E-state index in [1.54, 1.807) is 11.9 Å². The molecule has 0 aliphatic rings. The van der Waals surface area contributed by atoms with Crippen molar-refractivity contribution >= 4 is 23.3 Å². The maximum absolute atomic E-state index is 12.5. The molecule has 0 fully saturated rings. The molecule has 0 aliphatic carbocycles. The van der Waals surface area contributed by atoms with E-state index < -0.39 is 0 Å². The van der Waals surface area contributed by atoms with E-state index in [1.807, 2.05) is 32.0 Å². The number of hydrogen-bond acceptors (Lipinski definition) is 3. The fourth-order valence-corrected chi connectivity index (χ4v) is 2.77. The number of nitrogens with zero attached hydrogens (tertiary/aromatic N) is 2. The van der Waals surface area contributed by atoms with Gasteiger partial charge in [0.15, 0.2) is 0 Å². The number of carbonyl (C=O) groups excluding carboxylic acids is 1. The zero-order valence-corrected chi connectivity index (χ0v) is 14.7. The minimum Gasteiger partial charge on any atom is -0.361 e. The number of benzene rings is 1. The van der Waals surface area contributed by atoms with Crippen LogP contribution in [-0.2, 0) is 19.4 Å². The van der Waals surface area contributed by atoms with Crippen molar-refractivity contribution in [3.05, 3.63) is 45.8 Å². The summed E-state index contributed by atoms with van der Waals surface area (Å²) in [7, 11) is 1.72. The summed E-state index contributed by atoms with van der Waals surface area (Å²) >= 11 is 6.27. The minimum absolute atomic E-state index is 0.197. The third kappa shape index (κ3) is 4.05. The Labute approximate surface area is 141 Å². The van der Waals surface area contributed by atoms with Gasteiger partial charge in [0.2, 0.25) is 0 Å². The number of carbonyl (C=O) groups is 1. The number of amides is 2. The van der Waals surface area contributed by atoms with Crippen molar-refractivity contribution in [2.24, 2.45) is 0 Å². The van der Waals surface area contributed by atoms with Gasteiger partial charge in [0.1, 0.15) is 11.5 Å². The first kappa shape index (κ1) is 17.3. The maximum Gasteiger partial charge on any atom is 0.321 e. The zero-order valence-electron chi connectivity index (χ0n) is 13.9. The molecule has 1 aromatic carbocycles. The van der Waals surface area contributed by atoms with E-state index in [4.69, 9.17) is 16.1 Å². The lowest BCUT2D eigenvalue weighted by molar-refractivity contribution is 0.219. The van der Waals surface area contributed by atoms with Crippen molar-refractivity contribution in [3.63, 3.8) is 0 Å². The predicted octanol–water partition coefficient (Wildman–Crippen LogP) is 4.43. The van der Waals surface area contributed by atoms with Gasteiger partial charge in [-0.2, -0.15) is 0 Å². The first-order valence-corrected chi connectivity index (χ1v) is 8.08. The van der Waals surface area contributed by atoms with Crippen LogP contribution in [0.1, 0.15) is 36.4 Å². The lowest BCUT2D eigenvalue weighted by atomic mass is 10.0. The Balaban J connectivity index is 2.17. The van der Waals surface area contributed by atoms with Gasteiger partial charge in [0.25, 0.3) is 0 Å². The molecular weight excluding hydrogens is 314 g/mol. The van der Waals surface area contributed by atoms with Crippen LogP contribution in [-0.4, -0.2) is 23.1 Å². The lowest BCUT2D eigenvalue weighted by Gasteiger charge is -2.20. The SMILES string of the molecule is CCc1ccc(Cl)c(CC)c1NC(=O)N(C)Cc1cc(C)on1. The summed E-state index contributed by atoms with van der Waals surface area (Å²) in [6, 6.07) is 5.46. The highest BCUT2D eigenvalue weighted by atomic mass is 35.5. The highest BCUT2D eigenvalue weighted by Crippen LogP contribution is 2.29. The van der Waals surface area contributed by atoms with Crippen LogP contribution < -0.4 is 5.32 Å². The fourth-order valence-electron chi connectivity index (χ4n) is 2.48.